The smallest absolute Gasteiger partial charge is 0.0194 e. The molecule has 0 aromatic heterocycles. The van der Waals surface area contributed by atoms with Crippen LogP contribution in [0.15, 0.2) is 0 Å². The van der Waals surface area contributed by atoms with Crippen molar-refractivity contribution in [3.8, 4) is 0 Å². The van der Waals surface area contributed by atoms with Crippen LogP contribution in [0.2, 0.25) is 0 Å². The standard InChI is InChI=1S/C7H16N2/c1-5-2-3-6(8)7(9)4-5/h5-7H,2-4,8-9H2,1H3/t5-,6-,7+/m1/s1. The van der Waals surface area contributed by atoms with Gasteiger partial charge in [-0.2, -0.15) is 0 Å². The second kappa shape index (κ2) is 2.67. The van der Waals surface area contributed by atoms with Crippen LogP contribution in [0.25, 0.3) is 0 Å². The largest absolute Gasteiger partial charge is 0.326 e. The maximum Gasteiger partial charge on any atom is 0.0194 e. The first-order chi connectivity index (χ1) is 4.20. The molecule has 0 bridgehead atoms. The van der Waals surface area contributed by atoms with Gasteiger partial charge in [-0.3, -0.25) is 0 Å². The highest BCUT2D eigenvalue weighted by Crippen LogP contribution is 2.21. The van der Waals surface area contributed by atoms with Gasteiger partial charge in [0.05, 0.1) is 0 Å². The highest BCUT2D eigenvalue weighted by molar-refractivity contribution is 4.83. The Morgan fingerprint density at radius 3 is 2.22 bits per heavy atom. The van der Waals surface area contributed by atoms with E-state index in [1.54, 1.807) is 0 Å². The summed E-state index contributed by atoms with van der Waals surface area (Å²) in [5.41, 5.74) is 11.5. The van der Waals surface area contributed by atoms with Crippen LogP contribution in [-0.2, 0) is 0 Å². The molecule has 54 valence electrons. The van der Waals surface area contributed by atoms with E-state index in [9.17, 15) is 0 Å². The van der Waals surface area contributed by atoms with Gasteiger partial charge in [-0.1, -0.05) is 6.92 Å². The average Bonchev–Trinajstić information content (AvgIpc) is 1.80. The second-order valence-electron chi connectivity index (χ2n) is 3.25. The first-order valence-electron chi connectivity index (χ1n) is 3.71. The number of hydrogen-bond acceptors (Lipinski definition) is 2. The van der Waals surface area contributed by atoms with Crippen molar-refractivity contribution >= 4 is 0 Å². The Kier molecular flexibility index (Phi) is 2.09. The fourth-order valence-electron chi connectivity index (χ4n) is 1.45. The lowest BCUT2D eigenvalue weighted by atomic mass is 9.84. The summed E-state index contributed by atoms with van der Waals surface area (Å²) in [6.07, 6.45) is 3.48. The van der Waals surface area contributed by atoms with Crippen LogP contribution in [0.4, 0.5) is 0 Å². The third-order valence-electron chi connectivity index (χ3n) is 2.22. The second-order valence-corrected chi connectivity index (χ2v) is 3.25. The third-order valence-corrected chi connectivity index (χ3v) is 2.22. The van der Waals surface area contributed by atoms with Crippen LogP contribution < -0.4 is 11.5 Å². The van der Waals surface area contributed by atoms with E-state index in [4.69, 9.17) is 11.5 Å². The van der Waals surface area contributed by atoms with Crippen LogP contribution >= 0.6 is 0 Å². The van der Waals surface area contributed by atoms with Crippen LogP contribution in [0.5, 0.6) is 0 Å². The van der Waals surface area contributed by atoms with Gasteiger partial charge in [0.15, 0.2) is 0 Å². The molecular weight excluding hydrogens is 112 g/mol. The molecule has 1 aliphatic rings. The van der Waals surface area contributed by atoms with Crippen molar-refractivity contribution < 1.29 is 0 Å². The summed E-state index contributed by atoms with van der Waals surface area (Å²) < 4.78 is 0. The van der Waals surface area contributed by atoms with Crippen LogP contribution in [-0.4, -0.2) is 12.1 Å². The van der Waals surface area contributed by atoms with Crippen molar-refractivity contribution in [1.29, 1.82) is 0 Å². The van der Waals surface area contributed by atoms with Crippen LogP contribution in [0.3, 0.4) is 0 Å². The molecule has 2 nitrogen and oxygen atoms in total. The Hall–Kier alpha value is -0.0800. The molecule has 4 N–H and O–H groups in total. The molecule has 3 atom stereocenters. The molecule has 0 aromatic rings. The summed E-state index contributed by atoms with van der Waals surface area (Å²) in [7, 11) is 0. The van der Waals surface area contributed by atoms with Crippen molar-refractivity contribution in [2.45, 2.75) is 38.3 Å². The van der Waals surface area contributed by atoms with Gasteiger partial charge < -0.3 is 11.5 Å². The first-order valence-corrected chi connectivity index (χ1v) is 3.71. The average molecular weight is 128 g/mol. The van der Waals surface area contributed by atoms with Crippen molar-refractivity contribution in [3.63, 3.8) is 0 Å². The normalized spacial score (nSPS) is 45.0. The van der Waals surface area contributed by atoms with E-state index < -0.39 is 0 Å². The van der Waals surface area contributed by atoms with E-state index in [1.165, 1.54) is 6.42 Å². The molecule has 1 saturated carbocycles. The summed E-state index contributed by atoms with van der Waals surface area (Å²) in [4.78, 5) is 0. The maximum atomic E-state index is 5.74. The Morgan fingerprint density at radius 1 is 1.11 bits per heavy atom. The zero-order valence-electron chi connectivity index (χ0n) is 6.01. The van der Waals surface area contributed by atoms with Crippen molar-refractivity contribution in [2.24, 2.45) is 17.4 Å². The molecule has 0 radical (unpaired) electrons. The quantitative estimate of drug-likeness (QED) is 0.498. The van der Waals surface area contributed by atoms with Gasteiger partial charge in [-0.05, 0) is 25.2 Å². The molecule has 1 fully saturated rings. The molecular formula is C7H16N2. The van der Waals surface area contributed by atoms with Crippen molar-refractivity contribution in [1.82, 2.24) is 0 Å². The SMILES string of the molecule is C[C@@H]1CC[C@@H](N)[C@@H](N)C1. The highest BCUT2D eigenvalue weighted by atomic mass is 14.8. The number of rotatable bonds is 0. The van der Waals surface area contributed by atoms with Gasteiger partial charge in [0.25, 0.3) is 0 Å². The summed E-state index contributed by atoms with van der Waals surface area (Å²) >= 11 is 0. The molecule has 1 rings (SSSR count). The fraction of sp³-hybridized carbons (Fsp3) is 1.00. The van der Waals surface area contributed by atoms with Crippen molar-refractivity contribution in [2.75, 3.05) is 0 Å². The minimum Gasteiger partial charge on any atom is -0.326 e. The Morgan fingerprint density at radius 2 is 1.78 bits per heavy atom. The maximum absolute atomic E-state index is 5.74. The van der Waals surface area contributed by atoms with Gasteiger partial charge in [0.2, 0.25) is 0 Å². The summed E-state index contributed by atoms with van der Waals surface area (Å²) in [5.74, 6) is 0.791. The Bertz CT molecular complexity index is 92.9. The molecule has 0 amide bonds. The molecule has 9 heavy (non-hydrogen) atoms. The van der Waals surface area contributed by atoms with Gasteiger partial charge in [-0.15, -0.1) is 0 Å². The topological polar surface area (TPSA) is 52.0 Å². The van der Waals surface area contributed by atoms with Gasteiger partial charge in [0.1, 0.15) is 0 Å². The van der Waals surface area contributed by atoms with E-state index in [1.807, 2.05) is 0 Å². The zero-order chi connectivity index (χ0) is 6.85. The minimum absolute atomic E-state index is 0.258. The van der Waals surface area contributed by atoms with E-state index >= 15 is 0 Å². The van der Waals surface area contributed by atoms with Gasteiger partial charge in [0, 0.05) is 12.1 Å². The third kappa shape index (κ3) is 1.66. The Balaban J connectivity index is 2.35. The van der Waals surface area contributed by atoms with E-state index in [-0.39, 0.29) is 12.1 Å². The molecule has 0 heterocycles. The molecule has 0 aliphatic heterocycles. The minimum atomic E-state index is 0.258. The fourth-order valence-corrected chi connectivity index (χ4v) is 1.45. The lowest BCUT2D eigenvalue weighted by Gasteiger charge is -2.29. The monoisotopic (exact) mass is 128 g/mol. The van der Waals surface area contributed by atoms with E-state index in [0.717, 1.165) is 18.8 Å². The lowest BCUT2D eigenvalue weighted by molar-refractivity contribution is 0.307. The van der Waals surface area contributed by atoms with Crippen molar-refractivity contribution in [3.05, 3.63) is 0 Å². The molecule has 0 aromatic carbocycles. The molecule has 0 saturated heterocycles. The molecule has 0 unspecified atom stereocenters. The van der Waals surface area contributed by atoms with E-state index in [0.29, 0.717) is 0 Å². The summed E-state index contributed by atoms with van der Waals surface area (Å²) in [6, 6.07) is 0.523. The molecule has 2 heteroatoms. The van der Waals surface area contributed by atoms with Crippen LogP contribution in [0, 0.1) is 5.92 Å². The van der Waals surface area contributed by atoms with Gasteiger partial charge >= 0.3 is 0 Å². The summed E-state index contributed by atoms with van der Waals surface area (Å²) in [5, 5.41) is 0. The first kappa shape index (κ1) is 7.03. The van der Waals surface area contributed by atoms with Gasteiger partial charge in [-0.25, -0.2) is 0 Å². The lowest BCUT2D eigenvalue weighted by Crippen LogP contribution is -2.45. The van der Waals surface area contributed by atoms with Crippen LogP contribution in [0.1, 0.15) is 26.2 Å². The number of nitrogens with two attached hydrogens (primary N) is 2. The predicted molar refractivity (Wildman–Crippen MR) is 39.0 cm³/mol. The number of hydrogen-bond donors (Lipinski definition) is 2. The highest BCUT2D eigenvalue weighted by Gasteiger charge is 2.21. The predicted octanol–water partition coefficient (Wildman–Crippen LogP) is 0.461. The molecule has 0 spiro atoms. The Labute approximate surface area is 56.6 Å². The summed E-state index contributed by atoms with van der Waals surface area (Å²) in [6.45, 7) is 2.24. The van der Waals surface area contributed by atoms with E-state index in [2.05, 4.69) is 6.92 Å². The molecule has 1 aliphatic carbocycles. The zero-order valence-corrected chi connectivity index (χ0v) is 6.01.